The van der Waals surface area contributed by atoms with Crippen LogP contribution in [0.2, 0.25) is 0 Å². The van der Waals surface area contributed by atoms with E-state index in [1.54, 1.807) is 0 Å². The molecule has 0 radical (unpaired) electrons. The second kappa shape index (κ2) is 12.9. The van der Waals surface area contributed by atoms with Crippen LogP contribution in [0.25, 0.3) is 0 Å². The average Bonchev–Trinajstić information content (AvgIpc) is 3.23. The SMILES string of the molecule is CCOP(Cc1cc(C(C)(C)C)c2c(c1)C(C)(C)P1(O)(O2)Oc2c(C(C)(C)C)cc(CP(=O)(OCC)OCC)cc2C1(C)C)OCC. The third kappa shape index (κ3) is 6.38. The van der Waals surface area contributed by atoms with E-state index in [9.17, 15) is 9.46 Å². The molecule has 1 N–H and O–H groups in total. The van der Waals surface area contributed by atoms with Crippen molar-refractivity contribution in [2.45, 2.75) is 130 Å². The molecule has 1 spiro atoms. The van der Waals surface area contributed by atoms with E-state index in [0.717, 1.165) is 33.4 Å². The summed E-state index contributed by atoms with van der Waals surface area (Å²) in [6.45, 7) is 30.4. The molecule has 2 aliphatic heterocycles. The van der Waals surface area contributed by atoms with Crippen LogP contribution in [-0.2, 0) is 56.1 Å². The van der Waals surface area contributed by atoms with Gasteiger partial charge in [-0.15, -0.1) is 0 Å². The van der Waals surface area contributed by atoms with Gasteiger partial charge < -0.3 is 0 Å². The Morgan fingerprint density at radius 1 is 0.723 bits per heavy atom. The predicted octanol–water partition coefficient (Wildman–Crippen LogP) is 11.2. The molecule has 4 rings (SSSR count). The molecule has 0 bridgehead atoms. The van der Waals surface area contributed by atoms with Gasteiger partial charge in [-0.05, 0) is 0 Å². The van der Waals surface area contributed by atoms with Crippen LogP contribution < -0.4 is 9.05 Å². The fourth-order valence-corrected chi connectivity index (χ4v) is 14.6. The van der Waals surface area contributed by atoms with Gasteiger partial charge in [0.2, 0.25) is 0 Å². The number of hydrogen-bond donors (Lipinski definition) is 1. The van der Waals surface area contributed by atoms with Crippen LogP contribution in [0.4, 0.5) is 0 Å². The summed E-state index contributed by atoms with van der Waals surface area (Å²) in [4.78, 5) is 13.7. The van der Waals surface area contributed by atoms with Crippen LogP contribution in [-0.4, -0.2) is 31.3 Å². The Hall–Kier alpha value is -1.07. The second-order valence-corrected chi connectivity index (χ2v) is 23.7. The maximum absolute atomic E-state index is 13.7. The van der Waals surface area contributed by atoms with Gasteiger partial charge in [0.15, 0.2) is 0 Å². The first-order valence-corrected chi connectivity index (χ1v) is 22.1. The Morgan fingerprint density at radius 2 is 1.13 bits per heavy atom. The standard InChI is InChI=1S/C36H59O8P3/c1-15-39-45(40-16-2)23-25-19-27(33(5,6)7)31-29(20-25)35(11,12)47(38,43-31)36(13,14)30-22-26(24-46(37,41-17-3)42-18-4)21-28(32(30)44-47)34(8,9)10/h19-22,38H,15-18,23-24H2,1-14H3. The minimum atomic E-state index is -4.68. The summed E-state index contributed by atoms with van der Waals surface area (Å²) in [6.07, 6.45) is 0.750. The van der Waals surface area contributed by atoms with Gasteiger partial charge in [-0.25, -0.2) is 0 Å². The summed E-state index contributed by atoms with van der Waals surface area (Å²) in [5.74, 6) is 1.34. The van der Waals surface area contributed by atoms with Gasteiger partial charge in [0, 0.05) is 0 Å². The van der Waals surface area contributed by atoms with E-state index in [-0.39, 0.29) is 30.2 Å². The number of hydrogen-bond acceptors (Lipinski definition) is 8. The van der Waals surface area contributed by atoms with Gasteiger partial charge >= 0.3 is 286 Å². The van der Waals surface area contributed by atoms with E-state index in [2.05, 4.69) is 67.5 Å². The topological polar surface area (TPSA) is 92.7 Å². The molecule has 0 atom stereocenters. The summed E-state index contributed by atoms with van der Waals surface area (Å²) >= 11 is 0. The first-order chi connectivity index (χ1) is 21.5. The van der Waals surface area contributed by atoms with E-state index >= 15 is 0 Å². The third-order valence-electron chi connectivity index (χ3n) is 9.61. The van der Waals surface area contributed by atoms with Crippen LogP contribution >= 0.6 is 23.3 Å². The molecule has 2 aromatic carbocycles. The molecule has 0 unspecified atom stereocenters. The van der Waals surface area contributed by atoms with Crippen LogP contribution in [0.3, 0.4) is 0 Å². The van der Waals surface area contributed by atoms with Crippen LogP contribution in [0, 0.1) is 0 Å². The zero-order chi connectivity index (χ0) is 35.5. The van der Waals surface area contributed by atoms with E-state index < -0.39 is 33.6 Å². The maximum atomic E-state index is 13.7. The van der Waals surface area contributed by atoms with E-state index in [1.165, 1.54) is 0 Å². The van der Waals surface area contributed by atoms with Crippen molar-refractivity contribution in [3.63, 3.8) is 0 Å². The molecular weight excluding hydrogens is 653 g/mol. The molecule has 2 aliphatic rings. The quantitative estimate of drug-likeness (QED) is 0.217. The molecule has 0 aliphatic carbocycles. The van der Waals surface area contributed by atoms with Crippen molar-refractivity contribution < 1.29 is 36.6 Å². The van der Waals surface area contributed by atoms with Gasteiger partial charge in [-0.1, -0.05) is 0 Å². The Bertz CT molecular complexity index is 1520. The monoisotopic (exact) mass is 712 g/mol. The van der Waals surface area contributed by atoms with Crippen molar-refractivity contribution in [2.24, 2.45) is 0 Å². The molecule has 0 saturated heterocycles. The summed E-state index contributed by atoms with van der Waals surface area (Å²) in [7, 11) is -9.19. The van der Waals surface area contributed by atoms with Crippen LogP contribution in [0.1, 0.15) is 130 Å². The molecule has 11 heteroatoms. The number of fused-ring (bicyclic) bond motifs is 2. The molecule has 0 fully saturated rings. The predicted molar refractivity (Wildman–Crippen MR) is 195 cm³/mol. The summed E-state index contributed by atoms with van der Waals surface area (Å²) in [5.41, 5.74) is 4.95. The van der Waals surface area contributed by atoms with E-state index in [1.807, 2.05) is 53.7 Å². The first-order valence-electron chi connectivity index (χ1n) is 17.0. The van der Waals surface area contributed by atoms with Crippen molar-refractivity contribution >= 4 is 23.3 Å². The van der Waals surface area contributed by atoms with Crippen LogP contribution in [0.15, 0.2) is 24.3 Å². The van der Waals surface area contributed by atoms with Crippen molar-refractivity contribution in [3.8, 4) is 11.5 Å². The molecule has 0 amide bonds. The van der Waals surface area contributed by atoms with Crippen molar-refractivity contribution in [3.05, 3.63) is 57.6 Å². The Kier molecular flexibility index (Phi) is 10.6. The molecule has 2 heterocycles. The summed E-state index contributed by atoms with van der Waals surface area (Å²) in [5, 5.41) is -1.88. The van der Waals surface area contributed by atoms with Gasteiger partial charge in [0.25, 0.3) is 0 Å². The van der Waals surface area contributed by atoms with Gasteiger partial charge in [0.1, 0.15) is 0 Å². The first kappa shape index (κ1) is 38.7. The van der Waals surface area contributed by atoms with Crippen molar-refractivity contribution in [2.75, 3.05) is 26.4 Å². The fraction of sp³-hybridized carbons (Fsp3) is 0.667. The zero-order valence-electron chi connectivity index (χ0n) is 31.2. The van der Waals surface area contributed by atoms with E-state index in [0.29, 0.717) is 30.9 Å². The van der Waals surface area contributed by atoms with Gasteiger partial charge in [-0.2, -0.15) is 0 Å². The zero-order valence-corrected chi connectivity index (χ0v) is 33.9. The number of benzene rings is 2. The molecule has 0 saturated carbocycles. The fourth-order valence-electron chi connectivity index (χ4n) is 7.03. The Balaban J connectivity index is 1.96. The average molecular weight is 713 g/mol. The van der Waals surface area contributed by atoms with E-state index in [4.69, 9.17) is 27.1 Å². The second-order valence-electron chi connectivity index (χ2n) is 15.7. The normalized spacial score (nSPS) is 20.0. The van der Waals surface area contributed by atoms with Crippen molar-refractivity contribution in [1.82, 2.24) is 0 Å². The Labute approximate surface area is 285 Å². The minimum absolute atomic E-state index is 0.118. The Morgan fingerprint density at radius 3 is 1.51 bits per heavy atom. The molecule has 47 heavy (non-hydrogen) atoms. The molecule has 8 nitrogen and oxygen atoms in total. The summed E-state index contributed by atoms with van der Waals surface area (Å²) in [6, 6.07) is 8.40. The number of rotatable bonds is 12. The summed E-state index contributed by atoms with van der Waals surface area (Å²) < 4.78 is 51.4. The molecule has 0 aromatic heterocycles. The third-order valence-corrected chi connectivity index (χ3v) is 18.9. The van der Waals surface area contributed by atoms with Gasteiger partial charge in [0.05, 0.1) is 0 Å². The molecule has 2 aromatic rings. The molecule has 266 valence electrons. The van der Waals surface area contributed by atoms with Crippen molar-refractivity contribution in [1.29, 1.82) is 0 Å². The molecular formula is C36H59O8P3. The van der Waals surface area contributed by atoms with Crippen LogP contribution in [0.5, 0.6) is 11.5 Å². The van der Waals surface area contributed by atoms with Gasteiger partial charge in [-0.3, -0.25) is 0 Å².